The van der Waals surface area contributed by atoms with Gasteiger partial charge >= 0.3 is 0 Å². The molecule has 2 fully saturated rings. The zero-order valence-corrected chi connectivity index (χ0v) is 8.08. The van der Waals surface area contributed by atoms with E-state index in [-0.39, 0.29) is 18.3 Å². The van der Waals surface area contributed by atoms with Gasteiger partial charge in [0.1, 0.15) is 6.61 Å². The molecule has 4 nitrogen and oxygen atoms in total. The molecule has 14 heavy (non-hydrogen) atoms. The van der Waals surface area contributed by atoms with Crippen LogP contribution in [0.4, 0.5) is 0 Å². The lowest BCUT2D eigenvalue weighted by molar-refractivity contribution is -0.123. The summed E-state index contributed by atoms with van der Waals surface area (Å²) in [5.41, 5.74) is -0.459. The van der Waals surface area contributed by atoms with Crippen LogP contribution in [-0.2, 0) is 9.53 Å². The van der Waals surface area contributed by atoms with E-state index in [2.05, 4.69) is 11.4 Å². The van der Waals surface area contributed by atoms with Crippen molar-refractivity contribution in [1.82, 2.24) is 5.32 Å². The molecule has 0 amide bonds. The molecular weight excluding hydrogens is 180 g/mol. The molecule has 4 heteroatoms. The summed E-state index contributed by atoms with van der Waals surface area (Å²) in [5, 5.41) is 12.4. The Bertz CT molecular complexity index is 276. The van der Waals surface area contributed by atoms with Gasteiger partial charge in [0.05, 0.1) is 24.0 Å². The maximum absolute atomic E-state index is 11.5. The number of ketones is 1. The van der Waals surface area contributed by atoms with Crippen molar-refractivity contribution in [3.05, 3.63) is 0 Å². The number of ether oxygens (including phenoxy) is 1. The van der Waals surface area contributed by atoms with Crippen LogP contribution >= 0.6 is 0 Å². The Kier molecular flexibility index (Phi) is 2.53. The quantitative estimate of drug-likeness (QED) is 0.643. The molecule has 1 N–H and O–H groups in total. The summed E-state index contributed by atoms with van der Waals surface area (Å²) in [7, 11) is 0. The Morgan fingerprint density at radius 1 is 1.50 bits per heavy atom. The van der Waals surface area contributed by atoms with Crippen molar-refractivity contribution in [2.75, 3.05) is 26.3 Å². The Hall–Kier alpha value is -0.920. The van der Waals surface area contributed by atoms with Gasteiger partial charge in [0.2, 0.25) is 0 Å². The molecule has 76 valence electrons. The van der Waals surface area contributed by atoms with Crippen molar-refractivity contribution in [1.29, 1.82) is 5.26 Å². The molecule has 0 radical (unpaired) electrons. The minimum absolute atomic E-state index is 0.105. The second kappa shape index (κ2) is 3.68. The van der Waals surface area contributed by atoms with Crippen LogP contribution in [0.15, 0.2) is 0 Å². The van der Waals surface area contributed by atoms with Crippen LogP contribution in [0.1, 0.15) is 12.8 Å². The third-order valence-electron chi connectivity index (χ3n) is 3.30. The molecule has 2 rings (SSSR count). The monoisotopic (exact) mass is 194 g/mol. The molecule has 0 aromatic rings. The van der Waals surface area contributed by atoms with E-state index in [9.17, 15) is 10.1 Å². The number of carbonyl (C=O) groups excluding carboxylic acids is 1. The molecule has 2 aliphatic rings. The number of nitrogens with zero attached hydrogens (tertiary/aromatic N) is 1. The highest BCUT2D eigenvalue weighted by Gasteiger charge is 2.46. The molecule has 0 aromatic heterocycles. The average molecular weight is 194 g/mol. The Balaban J connectivity index is 2.18. The zero-order valence-electron chi connectivity index (χ0n) is 8.08. The fourth-order valence-corrected chi connectivity index (χ4v) is 2.35. The van der Waals surface area contributed by atoms with Crippen LogP contribution in [0, 0.1) is 22.7 Å². The number of hydrogen-bond donors (Lipinski definition) is 1. The smallest absolute Gasteiger partial charge is 0.165 e. The lowest BCUT2D eigenvalue weighted by Gasteiger charge is -2.34. The highest BCUT2D eigenvalue weighted by molar-refractivity contribution is 5.85. The van der Waals surface area contributed by atoms with Crippen molar-refractivity contribution in [3.8, 4) is 6.07 Å². The maximum atomic E-state index is 11.5. The number of Topliss-reactive ketones (excluding diaryl/α,β-unsaturated/α-hetero) is 1. The topological polar surface area (TPSA) is 62.1 Å². The predicted octanol–water partition coefficient (Wildman–Crippen LogP) is 0.0953. The second-order valence-corrected chi connectivity index (χ2v) is 4.05. The zero-order chi connectivity index (χ0) is 10.0. The third-order valence-corrected chi connectivity index (χ3v) is 3.30. The largest absolute Gasteiger partial charge is 0.373 e. The first-order valence-corrected chi connectivity index (χ1v) is 5.01. The van der Waals surface area contributed by atoms with Gasteiger partial charge in [-0.2, -0.15) is 5.26 Å². The van der Waals surface area contributed by atoms with Gasteiger partial charge in [0, 0.05) is 0 Å². The molecule has 0 bridgehead atoms. The van der Waals surface area contributed by atoms with E-state index in [1.807, 2.05) is 0 Å². The number of rotatable bonds is 1. The van der Waals surface area contributed by atoms with Gasteiger partial charge < -0.3 is 10.1 Å². The summed E-state index contributed by atoms with van der Waals surface area (Å²) in [6, 6.07) is 2.35. The van der Waals surface area contributed by atoms with Crippen LogP contribution in [0.2, 0.25) is 0 Å². The average Bonchev–Trinajstić information content (AvgIpc) is 2.66. The van der Waals surface area contributed by atoms with E-state index < -0.39 is 5.41 Å². The molecule has 0 spiro atoms. The molecule has 0 aliphatic carbocycles. The number of carbonyl (C=O) groups is 1. The van der Waals surface area contributed by atoms with Crippen LogP contribution in [0.5, 0.6) is 0 Å². The van der Waals surface area contributed by atoms with E-state index in [0.29, 0.717) is 6.61 Å². The first-order chi connectivity index (χ1) is 6.78. The van der Waals surface area contributed by atoms with E-state index in [0.717, 1.165) is 25.9 Å². The minimum Gasteiger partial charge on any atom is -0.373 e. The maximum Gasteiger partial charge on any atom is 0.165 e. The first-order valence-electron chi connectivity index (χ1n) is 5.01. The Morgan fingerprint density at radius 3 is 2.71 bits per heavy atom. The van der Waals surface area contributed by atoms with Gasteiger partial charge in [0.15, 0.2) is 5.78 Å². The highest BCUT2D eigenvalue weighted by atomic mass is 16.5. The molecule has 1 atom stereocenters. The summed E-state index contributed by atoms with van der Waals surface area (Å²) in [4.78, 5) is 11.5. The normalized spacial score (nSPS) is 31.4. The van der Waals surface area contributed by atoms with E-state index in [1.165, 1.54) is 0 Å². The van der Waals surface area contributed by atoms with Crippen molar-refractivity contribution in [2.24, 2.45) is 11.3 Å². The molecule has 0 saturated carbocycles. The summed E-state index contributed by atoms with van der Waals surface area (Å²) in [5.74, 6) is -0.0805. The number of nitriles is 1. The van der Waals surface area contributed by atoms with Crippen LogP contribution < -0.4 is 5.32 Å². The van der Waals surface area contributed by atoms with Crippen molar-refractivity contribution in [2.45, 2.75) is 12.8 Å². The number of hydrogen-bond acceptors (Lipinski definition) is 4. The molecular formula is C10H14N2O2. The second-order valence-electron chi connectivity index (χ2n) is 4.05. The highest BCUT2D eigenvalue weighted by Crippen LogP contribution is 2.39. The predicted molar refractivity (Wildman–Crippen MR) is 49.5 cm³/mol. The lowest BCUT2D eigenvalue weighted by Crippen LogP contribution is -2.43. The van der Waals surface area contributed by atoms with Crippen molar-refractivity contribution in [3.63, 3.8) is 0 Å². The standard InChI is InChI=1S/C10H14N2O2/c11-7-10(1-3-12-4-2-10)8-5-14-6-9(8)13/h8,12H,1-6H2. The van der Waals surface area contributed by atoms with Crippen LogP contribution in [-0.4, -0.2) is 32.1 Å². The summed E-state index contributed by atoms with van der Waals surface area (Å²) in [6.45, 7) is 2.29. The van der Waals surface area contributed by atoms with Gasteiger partial charge in [-0.1, -0.05) is 0 Å². The first kappa shape index (κ1) is 9.63. The van der Waals surface area contributed by atoms with Gasteiger partial charge in [-0.15, -0.1) is 0 Å². The Morgan fingerprint density at radius 2 is 2.21 bits per heavy atom. The third kappa shape index (κ3) is 1.43. The Labute approximate surface area is 83.2 Å². The van der Waals surface area contributed by atoms with Gasteiger partial charge in [-0.05, 0) is 25.9 Å². The van der Waals surface area contributed by atoms with Crippen LogP contribution in [0.3, 0.4) is 0 Å². The van der Waals surface area contributed by atoms with Gasteiger partial charge in [0.25, 0.3) is 0 Å². The number of nitrogens with one attached hydrogen (secondary N) is 1. The van der Waals surface area contributed by atoms with Gasteiger partial charge in [-0.3, -0.25) is 4.79 Å². The molecule has 1 unspecified atom stereocenters. The fraction of sp³-hybridized carbons (Fsp3) is 0.800. The van der Waals surface area contributed by atoms with E-state index in [4.69, 9.17) is 4.74 Å². The molecule has 2 saturated heterocycles. The molecule has 2 aliphatic heterocycles. The fourth-order valence-electron chi connectivity index (χ4n) is 2.35. The summed E-state index contributed by atoms with van der Waals surface area (Å²) >= 11 is 0. The van der Waals surface area contributed by atoms with E-state index in [1.54, 1.807) is 0 Å². The molecule has 2 heterocycles. The van der Waals surface area contributed by atoms with Crippen LogP contribution in [0.25, 0.3) is 0 Å². The van der Waals surface area contributed by atoms with Crippen molar-refractivity contribution >= 4 is 5.78 Å². The molecule has 0 aromatic carbocycles. The summed E-state index contributed by atoms with van der Waals surface area (Å²) < 4.78 is 5.13. The van der Waals surface area contributed by atoms with Crippen molar-refractivity contribution < 1.29 is 9.53 Å². The number of piperidine rings is 1. The van der Waals surface area contributed by atoms with Gasteiger partial charge in [-0.25, -0.2) is 0 Å². The summed E-state index contributed by atoms with van der Waals surface area (Å²) in [6.07, 6.45) is 1.53. The SMILES string of the molecule is N#CC1(C2COCC2=O)CCNCC1. The van der Waals surface area contributed by atoms with E-state index >= 15 is 0 Å². The minimum atomic E-state index is -0.459. The lowest BCUT2D eigenvalue weighted by atomic mass is 9.69.